The first-order valence-corrected chi connectivity index (χ1v) is 6.60. The van der Waals surface area contributed by atoms with Crippen LogP contribution in [0, 0.1) is 11.6 Å². The lowest BCUT2D eigenvalue weighted by atomic mass is 10.2. The molecule has 20 heavy (non-hydrogen) atoms. The number of aromatic nitrogens is 2. The van der Waals surface area contributed by atoms with Gasteiger partial charge >= 0.3 is 0 Å². The second kappa shape index (κ2) is 4.84. The van der Waals surface area contributed by atoms with E-state index in [9.17, 15) is 8.78 Å². The standard InChI is InChI=1S/C12H7ClF2N4S/c13-5-1-4-8-12(19-20-18-8)10(5)17-11-7(16)3-2-6(14)9(11)15/h1-4,17H,16H2. The number of hydrogen-bond acceptors (Lipinski definition) is 5. The number of nitrogens with one attached hydrogen (secondary N) is 1. The normalized spacial score (nSPS) is 10.9. The highest BCUT2D eigenvalue weighted by Gasteiger charge is 2.16. The highest BCUT2D eigenvalue weighted by molar-refractivity contribution is 7.00. The molecule has 0 aliphatic rings. The van der Waals surface area contributed by atoms with Crippen LogP contribution in [0.1, 0.15) is 0 Å². The van der Waals surface area contributed by atoms with Crippen molar-refractivity contribution in [3.63, 3.8) is 0 Å². The van der Waals surface area contributed by atoms with E-state index in [0.717, 1.165) is 17.8 Å². The van der Waals surface area contributed by atoms with Crippen molar-refractivity contribution in [3.05, 3.63) is 40.9 Å². The summed E-state index contributed by atoms with van der Waals surface area (Å²) in [5.41, 5.74) is 6.99. The number of benzene rings is 2. The summed E-state index contributed by atoms with van der Waals surface area (Å²) in [6, 6.07) is 5.52. The largest absolute Gasteiger partial charge is 0.397 e. The number of anilines is 3. The van der Waals surface area contributed by atoms with Crippen molar-refractivity contribution in [1.29, 1.82) is 0 Å². The predicted molar refractivity (Wildman–Crippen MR) is 76.5 cm³/mol. The summed E-state index contributed by atoms with van der Waals surface area (Å²) in [5, 5.41) is 3.02. The first-order chi connectivity index (χ1) is 9.58. The van der Waals surface area contributed by atoms with E-state index < -0.39 is 11.6 Å². The van der Waals surface area contributed by atoms with Crippen LogP contribution < -0.4 is 11.1 Å². The molecule has 0 saturated heterocycles. The van der Waals surface area contributed by atoms with Crippen LogP contribution in [-0.2, 0) is 0 Å². The molecular weight excluding hydrogens is 306 g/mol. The van der Waals surface area contributed by atoms with E-state index in [2.05, 4.69) is 14.1 Å². The first kappa shape index (κ1) is 13.0. The topological polar surface area (TPSA) is 63.8 Å². The van der Waals surface area contributed by atoms with Crippen molar-refractivity contribution in [3.8, 4) is 0 Å². The SMILES string of the molecule is Nc1ccc(F)c(F)c1Nc1c(Cl)ccc2nsnc12. The summed E-state index contributed by atoms with van der Waals surface area (Å²) in [6.45, 7) is 0. The molecule has 0 saturated carbocycles. The second-order valence-electron chi connectivity index (χ2n) is 4.00. The van der Waals surface area contributed by atoms with Crippen LogP contribution in [0.15, 0.2) is 24.3 Å². The van der Waals surface area contributed by atoms with Gasteiger partial charge in [0.05, 0.1) is 28.1 Å². The van der Waals surface area contributed by atoms with Crippen molar-refractivity contribution in [2.24, 2.45) is 0 Å². The summed E-state index contributed by atoms with van der Waals surface area (Å²) in [6.07, 6.45) is 0. The molecule has 0 spiro atoms. The van der Waals surface area contributed by atoms with Gasteiger partial charge in [-0.3, -0.25) is 0 Å². The Hall–Kier alpha value is -1.99. The van der Waals surface area contributed by atoms with Gasteiger partial charge in [-0.15, -0.1) is 0 Å². The fourth-order valence-corrected chi connectivity index (χ4v) is 2.51. The fraction of sp³-hybridized carbons (Fsp3) is 0. The quantitative estimate of drug-likeness (QED) is 0.703. The van der Waals surface area contributed by atoms with Crippen molar-refractivity contribution < 1.29 is 8.78 Å². The van der Waals surface area contributed by atoms with Gasteiger partial charge in [-0.05, 0) is 24.3 Å². The number of halogens is 3. The molecule has 2 aromatic carbocycles. The third-order valence-corrected chi connectivity index (χ3v) is 3.61. The molecule has 1 aromatic heterocycles. The maximum absolute atomic E-state index is 13.8. The van der Waals surface area contributed by atoms with Crippen molar-refractivity contribution in [2.75, 3.05) is 11.1 Å². The monoisotopic (exact) mass is 312 g/mol. The average molecular weight is 313 g/mol. The van der Waals surface area contributed by atoms with Crippen LogP contribution in [0.25, 0.3) is 11.0 Å². The van der Waals surface area contributed by atoms with Crippen LogP contribution in [0.4, 0.5) is 25.8 Å². The minimum atomic E-state index is -1.07. The van der Waals surface area contributed by atoms with E-state index in [-0.39, 0.29) is 11.4 Å². The molecular formula is C12H7ClF2N4S. The Morgan fingerprint density at radius 2 is 1.90 bits per heavy atom. The molecule has 0 amide bonds. The summed E-state index contributed by atoms with van der Waals surface area (Å²) in [5.74, 6) is -2.07. The van der Waals surface area contributed by atoms with Crippen LogP contribution in [0.2, 0.25) is 5.02 Å². The smallest absolute Gasteiger partial charge is 0.184 e. The molecule has 3 rings (SSSR count). The van der Waals surface area contributed by atoms with Gasteiger partial charge in [0.1, 0.15) is 16.7 Å². The van der Waals surface area contributed by atoms with Gasteiger partial charge in [-0.25, -0.2) is 8.78 Å². The molecule has 0 fully saturated rings. The van der Waals surface area contributed by atoms with Gasteiger partial charge in [0.25, 0.3) is 0 Å². The van der Waals surface area contributed by atoms with E-state index in [1.807, 2.05) is 0 Å². The van der Waals surface area contributed by atoms with E-state index >= 15 is 0 Å². The minimum Gasteiger partial charge on any atom is -0.397 e. The van der Waals surface area contributed by atoms with Crippen LogP contribution >= 0.6 is 23.3 Å². The third kappa shape index (κ3) is 2.04. The summed E-state index contributed by atoms with van der Waals surface area (Å²) in [7, 11) is 0. The van der Waals surface area contributed by atoms with E-state index in [0.29, 0.717) is 21.7 Å². The van der Waals surface area contributed by atoms with Gasteiger partial charge in [0.15, 0.2) is 11.6 Å². The molecule has 0 atom stereocenters. The zero-order valence-corrected chi connectivity index (χ0v) is 11.4. The molecule has 4 nitrogen and oxygen atoms in total. The van der Waals surface area contributed by atoms with E-state index in [1.165, 1.54) is 6.07 Å². The molecule has 3 N–H and O–H groups in total. The molecule has 3 aromatic rings. The minimum absolute atomic E-state index is 0.0696. The first-order valence-electron chi connectivity index (χ1n) is 5.49. The molecule has 0 unspecified atom stereocenters. The molecule has 102 valence electrons. The van der Waals surface area contributed by atoms with Gasteiger partial charge in [-0.1, -0.05) is 11.6 Å². The van der Waals surface area contributed by atoms with Crippen LogP contribution in [0.3, 0.4) is 0 Å². The lowest BCUT2D eigenvalue weighted by Gasteiger charge is -2.12. The van der Waals surface area contributed by atoms with Crippen LogP contribution in [0.5, 0.6) is 0 Å². The summed E-state index contributed by atoms with van der Waals surface area (Å²) < 4.78 is 35.2. The zero-order chi connectivity index (χ0) is 14.3. The Balaban J connectivity index is 2.17. The number of nitrogens with zero attached hydrogens (tertiary/aromatic N) is 2. The number of fused-ring (bicyclic) bond motifs is 1. The van der Waals surface area contributed by atoms with E-state index in [1.54, 1.807) is 12.1 Å². The van der Waals surface area contributed by atoms with E-state index in [4.69, 9.17) is 17.3 Å². The highest BCUT2D eigenvalue weighted by Crippen LogP contribution is 2.35. The number of rotatable bonds is 2. The lowest BCUT2D eigenvalue weighted by Crippen LogP contribution is -2.02. The van der Waals surface area contributed by atoms with Crippen molar-refractivity contribution >= 4 is 51.4 Å². The maximum atomic E-state index is 13.8. The Morgan fingerprint density at radius 1 is 1.10 bits per heavy atom. The Morgan fingerprint density at radius 3 is 2.70 bits per heavy atom. The molecule has 8 heteroatoms. The van der Waals surface area contributed by atoms with Gasteiger partial charge in [0, 0.05) is 0 Å². The predicted octanol–water partition coefficient (Wildman–Crippen LogP) is 3.95. The molecule has 1 heterocycles. The Kier molecular flexibility index (Phi) is 3.15. The maximum Gasteiger partial charge on any atom is 0.184 e. The van der Waals surface area contributed by atoms with Crippen LogP contribution in [-0.4, -0.2) is 8.75 Å². The third-order valence-electron chi connectivity index (χ3n) is 2.75. The fourth-order valence-electron chi connectivity index (χ4n) is 1.76. The lowest BCUT2D eigenvalue weighted by molar-refractivity contribution is 0.512. The van der Waals surface area contributed by atoms with Crippen molar-refractivity contribution in [1.82, 2.24) is 8.75 Å². The number of hydrogen-bond donors (Lipinski definition) is 2. The second-order valence-corrected chi connectivity index (χ2v) is 4.94. The van der Waals surface area contributed by atoms with Crippen molar-refractivity contribution in [2.45, 2.75) is 0 Å². The molecule has 0 bridgehead atoms. The number of nitrogens with two attached hydrogens (primary N) is 1. The summed E-state index contributed by atoms with van der Waals surface area (Å²) in [4.78, 5) is 0. The Bertz CT molecular complexity index is 805. The molecule has 0 aliphatic carbocycles. The van der Waals surface area contributed by atoms with Gasteiger partial charge in [0.2, 0.25) is 0 Å². The zero-order valence-electron chi connectivity index (χ0n) is 9.82. The van der Waals surface area contributed by atoms with Gasteiger partial charge in [-0.2, -0.15) is 8.75 Å². The van der Waals surface area contributed by atoms with Gasteiger partial charge < -0.3 is 11.1 Å². The summed E-state index contributed by atoms with van der Waals surface area (Å²) >= 11 is 7.07. The Labute approximate surface area is 121 Å². The molecule has 0 radical (unpaired) electrons. The molecule has 0 aliphatic heterocycles. The average Bonchev–Trinajstić information content (AvgIpc) is 2.90. The number of nitrogen functional groups attached to an aromatic ring is 1. The highest BCUT2D eigenvalue weighted by atomic mass is 35.5.